The van der Waals surface area contributed by atoms with Crippen LogP contribution in [-0.2, 0) is 11.2 Å². The molecule has 2 aromatic rings. The molecule has 0 atom stereocenters. The maximum absolute atomic E-state index is 12.0. The quantitative estimate of drug-likeness (QED) is 0.444. The van der Waals surface area contributed by atoms with Crippen molar-refractivity contribution in [2.45, 2.75) is 26.7 Å². The maximum Gasteiger partial charge on any atom is 0.338 e. The molecule has 0 unspecified atom stereocenters. The summed E-state index contributed by atoms with van der Waals surface area (Å²) in [7, 11) is 0. The lowest BCUT2D eigenvalue weighted by Crippen LogP contribution is -2.30. The lowest BCUT2D eigenvalue weighted by Gasteiger charge is -2.14. The van der Waals surface area contributed by atoms with Gasteiger partial charge in [-0.2, -0.15) is 0 Å². The molecule has 0 aliphatic heterocycles. The Morgan fingerprint density at radius 2 is 1.88 bits per heavy atom. The minimum Gasteiger partial charge on any atom is -0.462 e. The summed E-state index contributed by atoms with van der Waals surface area (Å²) in [5, 5.41) is 6.92. The molecule has 0 saturated heterocycles. The summed E-state index contributed by atoms with van der Waals surface area (Å²) < 4.78 is 5.08. The van der Waals surface area contributed by atoms with Crippen molar-refractivity contribution < 1.29 is 9.53 Å². The summed E-state index contributed by atoms with van der Waals surface area (Å²) >= 11 is 5.35. The number of hydrogen-bond donors (Lipinski definition) is 2. The number of rotatable bonds is 7. The van der Waals surface area contributed by atoms with Crippen LogP contribution in [0.4, 0.5) is 5.69 Å². The number of thiocarbonyl (C=S) groups is 1. The van der Waals surface area contributed by atoms with Crippen LogP contribution in [0, 0.1) is 6.92 Å². The predicted octanol–water partition coefficient (Wildman–Crippen LogP) is 4.09. The molecule has 25 heavy (non-hydrogen) atoms. The first-order valence-corrected chi connectivity index (χ1v) is 8.88. The number of anilines is 1. The summed E-state index contributed by atoms with van der Waals surface area (Å²) in [6.45, 7) is 4.82. The Morgan fingerprint density at radius 1 is 1.12 bits per heavy atom. The van der Waals surface area contributed by atoms with Crippen LogP contribution in [0.25, 0.3) is 0 Å². The van der Waals surface area contributed by atoms with Crippen LogP contribution in [0.2, 0.25) is 0 Å². The van der Waals surface area contributed by atoms with E-state index in [0.29, 0.717) is 17.3 Å². The Labute approximate surface area is 154 Å². The maximum atomic E-state index is 12.0. The molecule has 2 rings (SSSR count). The van der Waals surface area contributed by atoms with Crippen molar-refractivity contribution in [3.05, 3.63) is 65.2 Å². The van der Waals surface area contributed by atoms with Crippen molar-refractivity contribution in [1.82, 2.24) is 5.32 Å². The fourth-order valence-electron chi connectivity index (χ4n) is 2.51. The summed E-state index contributed by atoms with van der Waals surface area (Å²) in [4.78, 5) is 12.0. The van der Waals surface area contributed by atoms with Gasteiger partial charge in [0, 0.05) is 12.2 Å². The zero-order chi connectivity index (χ0) is 18.1. The van der Waals surface area contributed by atoms with E-state index >= 15 is 0 Å². The second-order valence-electron chi connectivity index (χ2n) is 5.67. The molecule has 0 aliphatic carbocycles. The molecule has 0 bridgehead atoms. The largest absolute Gasteiger partial charge is 0.462 e. The normalized spacial score (nSPS) is 10.2. The number of ether oxygens (including phenoxy) is 1. The first-order valence-electron chi connectivity index (χ1n) is 8.47. The first kappa shape index (κ1) is 18.9. The smallest absolute Gasteiger partial charge is 0.338 e. The fraction of sp³-hybridized carbons (Fsp3) is 0.300. The molecule has 0 aliphatic rings. The molecule has 0 heterocycles. The highest BCUT2D eigenvalue weighted by molar-refractivity contribution is 7.80. The van der Waals surface area contributed by atoms with Crippen molar-refractivity contribution in [3.63, 3.8) is 0 Å². The molecule has 4 nitrogen and oxygen atoms in total. The molecule has 0 fully saturated rings. The number of nitrogens with one attached hydrogen (secondary N) is 2. The zero-order valence-corrected chi connectivity index (χ0v) is 15.5. The number of aryl methyl sites for hydroxylation is 1. The number of hydrogen-bond acceptors (Lipinski definition) is 3. The SMILES string of the molecule is CCOC(=O)c1cccc(NC(=S)NCCCc2ccccc2)c1C. The third-order valence-electron chi connectivity index (χ3n) is 3.85. The van der Waals surface area contributed by atoms with Gasteiger partial charge in [-0.15, -0.1) is 0 Å². The standard InChI is InChI=1S/C20H24N2O2S/c1-3-24-19(23)17-12-7-13-18(15(17)2)22-20(25)21-14-8-11-16-9-5-4-6-10-16/h4-7,9-10,12-13H,3,8,11,14H2,1-2H3,(H2,21,22,25). The molecule has 0 amide bonds. The van der Waals surface area contributed by atoms with Crippen LogP contribution in [0.5, 0.6) is 0 Å². The van der Waals surface area contributed by atoms with Gasteiger partial charge in [-0.05, 0) is 62.2 Å². The lowest BCUT2D eigenvalue weighted by molar-refractivity contribution is 0.0525. The Bertz CT molecular complexity index is 717. The van der Waals surface area contributed by atoms with Gasteiger partial charge in [-0.1, -0.05) is 36.4 Å². The highest BCUT2D eigenvalue weighted by Gasteiger charge is 2.12. The number of esters is 1. The summed E-state index contributed by atoms with van der Waals surface area (Å²) in [5.74, 6) is -0.314. The number of benzene rings is 2. The zero-order valence-electron chi connectivity index (χ0n) is 14.7. The second kappa shape index (κ2) is 9.79. The first-order chi connectivity index (χ1) is 12.1. The van der Waals surface area contributed by atoms with Crippen LogP contribution in [0.3, 0.4) is 0 Å². The van der Waals surface area contributed by atoms with Crippen molar-refractivity contribution >= 4 is 29.0 Å². The summed E-state index contributed by atoms with van der Waals surface area (Å²) in [5.41, 5.74) is 3.51. The third kappa shape index (κ3) is 5.87. The van der Waals surface area contributed by atoms with Gasteiger partial charge in [-0.25, -0.2) is 4.79 Å². The Hall–Kier alpha value is -2.40. The van der Waals surface area contributed by atoms with E-state index in [-0.39, 0.29) is 5.97 Å². The Morgan fingerprint density at radius 3 is 2.60 bits per heavy atom. The predicted molar refractivity (Wildman–Crippen MR) is 106 cm³/mol. The molecule has 0 radical (unpaired) electrons. The monoisotopic (exact) mass is 356 g/mol. The third-order valence-corrected chi connectivity index (χ3v) is 4.09. The minimum absolute atomic E-state index is 0.314. The van der Waals surface area contributed by atoms with E-state index in [0.717, 1.165) is 30.6 Å². The van der Waals surface area contributed by atoms with Crippen molar-refractivity contribution in [1.29, 1.82) is 0 Å². The van der Waals surface area contributed by atoms with Gasteiger partial charge in [-0.3, -0.25) is 0 Å². The van der Waals surface area contributed by atoms with E-state index in [1.165, 1.54) is 5.56 Å². The van der Waals surface area contributed by atoms with Crippen LogP contribution < -0.4 is 10.6 Å². The molecule has 0 aromatic heterocycles. The van der Waals surface area contributed by atoms with E-state index in [4.69, 9.17) is 17.0 Å². The van der Waals surface area contributed by atoms with Crippen molar-refractivity contribution in [2.75, 3.05) is 18.5 Å². The van der Waals surface area contributed by atoms with Gasteiger partial charge < -0.3 is 15.4 Å². The molecule has 0 saturated carbocycles. The average molecular weight is 356 g/mol. The molecule has 132 valence electrons. The van der Waals surface area contributed by atoms with Crippen molar-refractivity contribution in [3.8, 4) is 0 Å². The van der Waals surface area contributed by atoms with Gasteiger partial charge in [0.15, 0.2) is 5.11 Å². The number of carbonyl (C=O) groups is 1. The number of carbonyl (C=O) groups excluding carboxylic acids is 1. The van der Waals surface area contributed by atoms with E-state index < -0.39 is 0 Å². The van der Waals surface area contributed by atoms with Gasteiger partial charge in [0.2, 0.25) is 0 Å². The molecule has 0 spiro atoms. The molecule has 2 aromatic carbocycles. The Balaban J connectivity index is 1.84. The van der Waals surface area contributed by atoms with E-state index in [2.05, 4.69) is 22.8 Å². The molecular weight excluding hydrogens is 332 g/mol. The van der Waals surface area contributed by atoms with E-state index in [1.54, 1.807) is 13.0 Å². The summed E-state index contributed by atoms with van der Waals surface area (Å²) in [6, 6.07) is 15.8. The van der Waals surface area contributed by atoms with Gasteiger partial charge in [0.05, 0.1) is 12.2 Å². The van der Waals surface area contributed by atoms with Crippen LogP contribution in [0.1, 0.15) is 34.8 Å². The minimum atomic E-state index is -0.314. The summed E-state index contributed by atoms with van der Waals surface area (Å²) in [6.07, 6.45) is 2.00. The topological polar surface area (TPSA) is 50.4 Å². The van der Waals surface area contributed by atoms with Crippen LogP contribution >= 0.6 is 12.2 Å². The van der Waals surface area contributed by atoms with Gasteiger partial charge in [0.1, 0.15) is 0 Å². The highest BCUT2D eigenvalue weighted by Crippen LogP contribution is 2.19. The van der Waals surface area contributed by atoms with Crippen LogP contribution in [-0.4, -0.2) is 24.2 Å². The van der Waals surface area contributed by atoms with Crippen LogP contribution in [0.15, 0.2) is 48.5 Å². The van der Waals surface area contributed by atoms with Gasteiger partial charge in [0.25, 0.3) is 0 Å². The molecule has 2 N–H and O–H groups in total. The van der Waals surface area contributed by atoms with E-state index in [9.17, 15) is 4.79 Å². The molecular formula is C20H24N2O2S. The highest BCUT2D eigenvalue weighted by atomic mass is 32.1. The fourth-order valence-corrected chi connectivity index (χ4v) is 2.72. The lowest BCUT2D eigenvalue weighted by atomic mass is 10.1. The second-order valence-corrected chi connectivity index (χ2v) is 6.08. The molecule has 5 heteroatoms. The van der Waals surface area contributed by atoms with E-state index in [1.807, 2.05) is 37.3 Å². The Kier molecular flexibility index (Phi) is 7.41. The van der Waals surface area contributed by atoms with Gasteiger partial charge >= 0.3 is 5.97 Å². The average Bonchev–Trinajstić information content (AvgIpc) is 2.61. The van der Waals surface area contributed by atoms with Crippen molar-refractivity contribution in [2.24, 2.45) is 0 Å².